The predicted octanol–water partition coefficient (Wildman–Crippen LogP) is 0.0900. The number of rotatable bonds is 0. The Hall–Kier alpha value is -2.08. The molecule has 62 valence electrons. The molecule has 2 N–H and O–H groups in total. The Morgan fingerprint density at radius 3 is 3.08 bits per heavy atom. The monoisotopic (exact) mass is 169 g/mol. The summed E-state index contributed by atoms with van der Waals surface area (Å²) in [6, 6.07) is 7.43. The fourth-order valence-electron chi connectivity index (χ4n) is 1.26. The highest BCUT2D eigenvalue weighted by Gasteiger charge is 1.99. The van der Waals surface area contributed by atoms with Gasteiger partial charge in [-0.15, -0.1) is 0 Å². The molecule has 1 aliphatic heterocycles. The average molecular weight is 169 g/mol. The number of allylic oxidation sites excluding steroid dienone is 2. The number of benzene rings is 1. The van der Waals surface area contributed by atoms with E-state index >= 15 is 0 Å². The molecule has 0 aliphatic carbocycles. The number of hydrogen-bond acceptors (Lipinski definition) is 3. The molecule has 0 saturated heterocycles. The van der Waals surface area contributed by atoms with E-state index < -0.39 is 0 Å². The SMILES string of the molecule is N#CC=C1C=c2cc(N)ccc2=N1. The highest BCUT2D eigenvalue weighted by molar-refractivity contribution is 5.53. The molecule has 1 aliphatic rings. The second kappa shape index (κ2) is 2.76. The Labute approximate surface area is 75.1 Å². The van der Waals surface area contributed by atoms with Crippen LogP contribution in [0.5, 0.6) is 0 Å². The molecular formula is C10H7N3. The van der Waals surface area contributed by atoms with Crippen LogP contribution >= 0.6 is 0 Å². The van der Waals surface area contributed by atoms with Crippen LogP contribution in [0.15, 0.2) is 35.0 Å². The summed E-state index contributed by atoms with van der Waals surface area (Å²) in [6.45, 7) is 0. The third-order valence-electron chi connectivity index (χ3n) is 1.82. The molecule has 0 bridgehead atoms. The molecule has 13 heavy (non-hydrogen) atoms. The zero-order valence-corrected chi connectivity index (χ0v) is 6.86. The Kier molecular flexibility index (Phi) is 1.60. The Morgan fingerprint density at radius 1 is 1.46 bits per heavy atom. The Morgan fingerprint density at radius 2 is 2.31 bits per heavy atom. The van der Waals surface area contributed by atoms with Crippen LogP contribution in [0, 0.1) is 11.3 Å². The summed E-state index contributed by atoms with van der Waals surface area (Å²) < 4.78 is 0. The second-order valence-electron chi connectivity index (χ2n) is 2.77. The van der Waals surface area contributed by atoms with Crippen molar-refractivity contribution in [1.82, 2.24) is 0 Å². The van der Waals surface area contributed by atoms with Gasteiger partial charge in [-0.25, -0.2) is 4.99 Å². The zero-order chi connectivity index (χ0) is 9.26. The second-order valence-corrected chi connectivity index (χ2v) is 2.77. The molecule has 2 rings (SSSR count). The minimum absolute atomic E-state index is 0.683. The summed E-state index contributed by atoms with van der Waals surface area (Å²) in [7, 11) is 0. The van der Waals surface area contributed by atoms with Crippen molar-refractivity contribution in [3.05, 3.63) is 40.5 Å². The molecule has 0 aromatic heterocycles. The Bertz CT molecular complexity index is 532. The third kappa shape index (κ3) is 1.30. The van der Waals surface area contributed by atoms with Gasteiger partial charge >= 0.3 is 0 Å². The lowest BCUT2D eigenvalue weighted by molar-refractivity contribution is 1.32. The lowest BCUT2D eigenvalue weighted by Gasteiger charge is -1.87. The number of hydrogen-bond donors (Lipinski definition) is 1. The molecule has 0 saturated carbocycles. The first-order valence-electron chi connectivity index (χ1n) is 3.85. The first kappa shape index (κ1) is 7.56. The van der Waals surface area contributed by atoms with Gasteiger partial charge in [0.15, 0.2) is 0 Å². The van der Waals surface area contributed by atoms with Gasteiger partial charge in [0.1, 0.15) is 0 Å². The number of nitrogens with two attached hydrogens (primary N) is 1. The van der Waals surface area contributed by atoms with E-state index in [2.05, 4.69) is 4.99 Å². The van der Waals surface area contributed by atoms with E-state index in [1.807, 2.05) is 24.3 Å². The molecule has 0 spiro atoms. The molecule has 1 aromatic carbocycles. The molecule has 3 heteroatoms. The molecular weight excluding hydrogens is 162 g/mol. The molecule has 0 fully saturated rings. The van der Waals surface area contributed by atoms with Gasteiger partial charge in [-0.1, -0.05) is 0 Å². The quantitative estimate of drug-likeness (QED) is 0.442. The van der Waals surface area contributed by atoms with Crippen molar-refractivity contribution in [1.29, 1.82) is 5.26 Å². The lowest BCUT2D eigenvalue weighted by atomic mass is 10.2. The van der Waals surface area contributed by atoms with E-state index in [-0.39, 0.29) is 0 Å². The molecule has 0 amide bonds. The van der Waals surface area contributed by atoms with Gasteiger partial charge in [0.2, 0.25) is 0 Å². The topological polar surface area (TPSA) is 62.2 Å². The number of nitrogen functional groups attached to an aromatic ring is 1. The summed E-state index contributed by atoms with van der Waals surface area (Å²) in [5.74, 6) is 0. The summed E-state index contributed by atoms with van der Waals surface area (Å²) in [4.78, 5) is 4.21. The van der Waals surface area contributed by atoms with Crippen molar-refractivity contribution in [2.24, 2.45) is 4.99 Å². The van der Waals surface area contributed by atoms with E-state index in [0.717, 1.165) is 10.6 Å². The first-order chi connectivity index (χ1) is 6.29. The molecule has 0 atom stereocenters. The van der Waals surface area contributed by atoms with E-state index in [0.29, 0.717) is 11.4 Å². The van der Waals surface area contributed by atoms with Crippen molar-refractivity contribution in [2.45, 2.75) is 0 Å². The van der Waals surface area contributed by atoms with Crippen LogP contribution < -0.4 is 16.3 Å². The maximum atomic E-state index is 8.43. The number of fused-ring (bicyclic) bond motifs is 1. The van der Waals surface area contributed by atoms with Crippen LogP contribution in [0.4, 0.5) is 5.69 Å². The largest absolute Gasteiger partial charge is 0.399 e. The molecule has 0 radical (unpaired) electrons. The summed E-state index contributed by atoms with van der Waals surface area (Å²) in [5.41, 5.74) is 7.00. The minimum atomic E-state index is 0.683. The van der Waals surface area contributed by atoms with Gasteiger partial charge in [0, 0.05) is 17.0 Å². The van der Waals surface area contributed by atoms with E-state index in [9.17, 15) is 0 Å². The van der Waals surface area contributed by atoms with Gasteiger partial charge in [-0.05, 0) is 24.3 Å². The smallest absolute Gasteiger partial charge is 0.0934 e. The summed E-state index contributed by atoms with van der Waals surface area (Å²) in [5, 5.41) is 10.3. The van der Waals surface area contributed by atoms with Crippen LogP contribution in [-0.4, -0.2) is 0 Å². The maximum absolute atomic E-state index is 8.43. The van der Waals surface area contributed by atoms with E-state index in [4.69, 9.17) is 11.0 Å². The first-order valence-corrected chi connectivity index (χ1v) is 3.85. The van der Waals surface area contributed by atoms with Crippen molar-refractivity contribution < 1.29 is 0 Å². The van der Waals surface area contributed by atoms with Crippen molar-refractivity contribution in [3.8, 4) is 6.07 Å². The van der Waals surface area contributed by atoms with Gasteiger partial charge < -0.3 is 5.73 Å². The van der Waals surface area contributed by atoms with Gasteiger partial charge in [-0.2, -0.15) is 5.26 Å². The van der Waals surface area contributed by atoms with Crippen LogP contribution in [0.3, 0.4) is 0 Å². The number of anilines is 1. The molecule has 3 nitrogen and oxygen atoms in total. The van der Waals surface area contributed by atoms with Crippen LogP contribution in [0.25, 0.3) is 6.08 Å². The van der Waals surface area contributed by atoms with Gasteiger partial charge in [-0.3, -0.25) is 0 Å². The summed E-state index contributed by atoms with van der Waals surface area (Å²) in [6.07, 6.45) is 3.26. The normalized spacial score (nSPS) is 15.8. The predicted molar refractivity (Wildman–Crippen MR) is 49.8 cm³/mol. The molecule has 1 aromatic rings. The third-order valence-corrected chi connectivity index (χ3v) is 1.82. The maximum Gasteiger partial charge on any atom is 0.0934 e. The average Bonchev–Trinajstić information content (AvgIpc) is 2.46. The number of nitriles is 1. The fourth-order valence-corrected chi connectivity index (χ4v) is 1.26. The lowest BCUT2D eigenvalue weighted by Crippen LogP contribution is -2.20. The van der Waals surface area contributed by atoms with Crippen molar-refractivity contribution in [2.75, 3.05) is 5.73 Å². The van der Waals surface area contributed by atoms with E-state index in [1.54, 1.807) is 6.07 Å². The minimum Gasteiger partial charge on any atom is -0.399 e. The molecule has 0 unspecified atom stereocenters. The highest BCUT2D eigenvalue weighted by Crippen LogP contribution is 2.01. The van der Waals surface area contributed by atoms with Crippen LogP contribution in [0.1, 0.15) is 0 Å². The summed E-state index contributed by atoms with van der Waals surface area (Å²) >= 11 is 0. The highest BCUT2D eigenvalue weighted by atomic mass is 14.7. The number of nitrogens with zero attached hydrogens (tertiary/aromatic N) is 2. The van der Waals surface area contributed by atoms with Gasteiger partial charge in [0.25, 0.3) is 0 Å². The van der Waals surface area contributed by atoms with E-state index in [1.165, 1.54) is 6.08 Å². The van der Waals surface area contributed by atoms with Gasteiger partial charge in [0.05, 0.1) is 17.1 Å². The Balaban J connectivity index is 2.69. The molecule has 1 heterocycles. The van der Waals surface area contributed by atoms with Crippen LogP contribution in [-0.2, 0) is 0 Å². The van der Waals surface area contributed by atoms with Crippen LogP contribution in [0.2, 0.25) is 0 Å². The fraction of sp³-hybridized carbons (Fsp3) is 0. The van der Waals surface area contributed by atoms with Crippen molar-refractivity contribution in [3.63, 3.8) is 0 Å². The van der Waals surface area contributed by atoms with Crippen molar-refractivity contribution >= 4 is 11.8 Å². The standard InChI is InChI=1S/C10H7N3/c11-4-3-9-6-7-5-8(12)1-2-10(7)13-9/h1-3,5-6H,12H2. The zero-order valence-electron chi connectivity index (χ0n) is 6.86.